The summed E-state index contributed by atoms with van der Waals surface area (Å²) in [6.07, 6.45) is 0.798. The number of rotatable bonds is 4. The average Bonchev–Trinajstić information content (AvgIpc) is 3.49. The minimum absolute atomic E-state index is 0.00168. The molecule has 34 heavy (non-hydrogen) atoms. The molecule has 4 aliphatic rings. The van der Waals surface area contributed by atoms with E-state index in [9.17, 15) is 24.6 Å². The quantitative estimate of drug-likeness (QED) is 0.415. The summed E-state index contributed by atoms with van der Waals surface area (Å²) in [5.41, 5.74) is 1.06. The zero-order valence-electron chi connectivity index (χ0n) is 18.5. The topological polar surface area (TPSA) is 111 Å². The van der Waals surface area contributed by atoms with Gasteiger partial charge in [0.25, 0.3) is 0 Å². The molecule has 178 valence electrons. The van der Waals surface area contributed by atoms with Crippen molar-refractivity contribution in [3.8, 4) is 5.75 Å². The van der Waals surface area contributed by atoms with Crippen molar-refractivity contribution in [2.75, 3.05) is 0 Å². The van der Waals surface area contributed by atoms with Crippen molar-refractivity contribution < 1.29 is 24.6 Å². The maximum absolute atomic E-state index is 13.6. The number of thiazole rings is 1. The number of carbonyl (C=O) groups is 3. The van der Waals surface area contributed by atoms with Crippen LogP contribution >= 0.6 is 35.3 Å². The van der Waals surface area contributed by atoms with E-state index in [4.69, 9.17) is 12.2 Å². The number of imide groups is 1. The Morgan fingerprint density at radius 2 is 1.79 bits per heavy atom. The Kier molecular flexibility index (Phi) is 5.03. The van der Waals surface area contributed by atoms with Gasteiger partial charge in [0.2, 0.25) is 11.8 Å². The van der Waals surface area contributed by atoms with Gasteiger partial charge in [-0.1, -0.05) is 26.0 Å². The number of nitrogens with one attached hydrogen (secondary N) is 1. The number of carbonyl (C=O) groups excluding carboxylic acids is 2. The molecule has 8 atom stereocenters. The number of fused-ring (bicyclic) bond motifs is 9. The number of aromatic nitrogens is 1. The van der Waals surface area contributed by atoms with Crippen LogP contribution in [0.3, 0.4) is 0 Å². The molecule has 1 aromatic carbocycles. The normalized spacial score (nSPS) is 34.3. The number of aliphatic carboxylic acids is 1. The van der Waals surface area contributed by atoms with E-state index in [2.05, 4.69) is 4.98 Å². The first-order valence-corrected chi connectivity index (χ1v) is 13.6. The first-order valence-electron chi connectivity index (χ1n) is 11.5. The minimum Gasteiger partial charge on any atom is -0.508 e. The van der Waals surface area contributed by atoms with Gasteiger partial charge in [-0.25, -0.2) is 4.79 Å². The highest BCUT2D eigenvalue weighted by Crippen LogP contribution is 2.69. The first kappa shape index (κ1) is 22.3. The average molecular weight is 517 g/mol. The number of H-pyrrole nitrogens is 1. The van der Waals surface area contributed by atoms with Crippen LogP contribution in [0.15, 0.2) is 29.3 Å². The van der Waals surface area contributed by atoms with Crippen molar-refractivity contribution in [1.82, 2.24) is 9.88 Å². The number of likely N-dealkylation sites (tertiary alicyclic amines) is 1. The van der Waals surface area contributed by atoms with Crippen molar-refractivity contribution in [2.45, 2.75) is 42.5 Å². The number of amides is 2. The lowest BCUT2D eigenvalue weighted by Gasteiger charge is -2.43. The van der Waals surface area contributed by atoms with E-state index in [1.54, 1.807) is 49.1 Å². The molecule has 2 aliphatic heterocycles. The van der Waals surface area contributed by atoms with Crippen molar-refractivity contribution in [3.63, 3.8) is 0 Å². The fraction of sp³-hybridized carbons (Fsp3) is 0.500. The Bertz CT molecular complexity index is 1270. The van der Waals surface area contributed by atoms with E-state index >= 15 is 0 Å². The zero-order valence-corrected chi connectivity index (χ0v) is 21.0. The molecule has 2 bridgehead atoms. The Balaban J connectivity index is 1.44. The number of phenolic OH excluding ortho intramolecular Hbond substituents is 1. The Labute approximate surface area is 209 Å². The van der Waals surface area contributed by atoms with Gasteiger partial charge in [-0.2, -0.15) is 0 Å². The first-order chi connectivity index (χ1) is 16.2. The fourth-order valence-electron chi connectivity index (χ4n) is 7.06. The van der Waals surface area contributed by atoms with Crippen LogP contribution in [-0.4, -0.2) is 49.2 Å². The highest BCUT2D eigenvalue weighted by Gasteiger charge is 2.70. The Morgan fingerprint density at radius 3 is 2.41 bits per heavy atom. The van der Waals surface area contributed by atoms with Gasteiger partial charge in [-0.15, -0.1) is 23.1 Å². The highest BCUT2D eigenvalue weighted by molar-refractivity contribution is 8.00. The third-order valence-electron chi connectivity index (χ3n) is 8.17. The Hall–Kier alpha value is -2.17. The van der Waals surface area contributed by atoms with Crippen LogP contribution in [0.5, 0.6) is 5.75 Å². The summed E-state index contributed by atoms with van der Waals surface area (Å²) in [4.78, 5) is 44.7. The van der Waals surface area contributed by atoms with Crippen LogP contribution in [0, 0.1) is 39.5 Å². The van der Waals surface area contributed by atoms with Crippen LogP contribution in [0.1, 0.15) is 36.6 Å². The monoisotopic (exact) mass is 516 g/mol. The molecule has 2 aromatic rings. The predicted octanol–water partition coefficient (Wildman–Crippen LogP) is 4.09. The third kappa shape index (κ3) is 2.94. The number of hydrogen-bond acceptors (Lipinski definition) is 7. The standard InChI is InChI=1S/C24H24N2O5S3/c1-8(2)17(23(30)31)26-21(28)15-11-7-12(16(15)22(26)29)18-14(11)13(9-3-5-10(27)6-4-9)19-20(33-18)25-24(32)34-19/h3-6,8,11-18,27H,7H2,1-2H3,(H,25,32)(H,30,31). The number of hydrogen-bond donors (Lipinski definition) is 3. The molecular formula is C24H24N2O5S3. The SMILES string of the molecule is CC(C)C(C(=O)O)N1C(=O)C2C3CC(C2C1=O)C1C(c2ccc(O)cc2)c2sc(=S)[nH]c2SC31. The molecule has 0 radical (unpaired) electrons. The molecule has 3 heterocycles. The number of nitrogens with zero attached hydrogens (tertiary/aromatic N) is 1. The molecule has 6 rings (SSSR count). The second-order valence-corrected chi connectivity index (χ2v) is 13.0. The van der Waals surface area contributed by atoms with Gasteiger partial charge in [0.05, 0.1) is 16.9 Å². The van der Waals surface area contributed by atoms with E-state index in [0.717, 1.165) is 26.8 Å². The summed E-state index contributed by atoms with van der Waals surface area (Å²) in [7, 11) is 0. The highest BCUT2D eigenvalue weighted by atomic mass is 32.2. The number of carboxylic acid groups (broad SMARTS) is 1. The summed E-state index contributed by atoms with van der Waals surface area (Å²) in [6.45, 7) is 3.47. The summed E-state index contributed by atoms with van der Waals surface area (Å²) in [5.74, 6) is -2.69. The maximum Gasteiger partial charge on any atom is 0.327 e. The van der Waals surface area contributed by atoms with Crippen LogP contribution in [-0.2, 0) is 14.4 Å². The maximum atomic E-state index is 13.6. The molecule has 8 unspecified atom stereocenters. The number of benzene rings is 1. The van der Waals surface area contributed by atoms with Gasteiger partial charge in [0, 0.05) is 16.0 Å². The lowest BCUT2D eigenvalue weighted by Crippen LogP contribution is -2.49. The van der Waals surface area contributed by atoms with Gasteiger partial charge in [-0.3, -0.25) is 14.5 Å². The number of aromatic amines is 1. The molecule has 2 saturated carbocycles. The lowest BCUT2D eigenvalue weighted by atomic mass is 9.68. The van der Waals surface area contributed by atoms with Gasteiger partial charge < -0.3 is 15.2 Å². The summed E-state index contributed by atoms with van der Waals surface area (Å²) in [6, 6.07) is 6.08. The molecule has 7 nitrogen and oxygen atoms in total. The second kappa shape index (κ2) is 7.66. The molecule has 3 N–H and O–H groups in total. The summed E-state index contributed by atoms with van der Waals surface area (Å²) >= 11 is 8.74. The van der Waals surface area contributed by atoms with Crippen molar-refractivity contribution in [2.24, 2.45) is 35.5 Å². The molecular weight excluding hydrogens is 492 g/mol. The number of thioether (sulfide) groups is 1. The molecule has 3 fully saturated rings. The van der Waals surface area contributed by atoms with Crippen molar-refractivity contribution in [3.05, 3.63) is 38.7 Å². The lowest BCUT2D eigenvalue weighted by molar-refractivity contribution is -0.157. The van der Waals surface area contributed by atoms with Gasteiger partial charge in [0.1, 0.15) is 11.8 Å². The third-order valence-corrected chi connectivity index (χ3v) is 11.1. The van der Waals surface area contributed by atoms with Gasteiger partial charge in [-0.05, 0) is 60.0 Å². The molecule has 1 saturated heterocycles. The van der Waals surface area contributed by atoms with E-state index < -0.39 is 23.8 Å². The van der Waals surface area contributed by atoms with Crippen molar-refractivity contribution in [1.29, 1.82) is 0 Å². The zero-order chi connectivity index (χ0) is 24.0. The number of phenols is 1. The molecule has 2 amide bonds. The van der Waals surface area contributed by atoms with Crippen molar-refractivity contribution >= 4 is 53.1 Å². The molecule has 2 aliphatic carbocycles. The van der Waals surface area contributed by atoms with Crippen LogP contribution in [0.4, 0.5) is 0 Å². The molecule has 1 aromatic heterocycles. The van der Waals surface area contributed by atoms with Crippen LogP contribution in [0.2, 0.25) is 0 Å². The van der Waals surface area contributed by atoms with Gasteiger partial charge in [0.15, 0.2) is 3.95 Å². The number of aromatic hydroxyl groups is 1. The predicted molar refractivity (Wildman–Crippen MR) is 129 cm³/mol. The van der Waals surface area contributed by atoms with E-state index in [1.807, 2.05) is 12.1 Å². The molecule has 10 heteroatoms. The van der Waals surface area contributed by atoms with E-state index in [0.29, 0.717) is 3.95 Å². The number of carboxylic acids is 1. The van der Waals surface area contributed by atoms with Gasteiger partial charge >= 0.3 is 5.97 Å². The Morgan fingerprint density at radius 1 is 1.15 bits per heavy atom. The minimum atomic E-state index is -1.13. The smallest absolute Gasteiger partial charge is 0.327 e. The summed E-state index contributed by atoms with van der Waals surface area (Å²) < 4.78 is 0.702. The van der Waals surface area contributed by atoms with Crippen LogP contribution in [0.25, 0.3) is 0 Å². The largest absolute Gasteiger partial charge is 0.508 e. The van der Waals surface area contributed by atoms with E-state index in [1.165, 1.54) is 0 Å². The second-order valence-electron chi connectivity index (χ2n) is 10.1. The summed E-state index contributed by atoms with van der Waals surface area (Å²) in [5, 5.41) is 20.8. The molecule has 0 spiro atoms. The van der Waals surface area contributed by atoms with Crippen LogP contribution < -0.4 is 0 Å². The fourth-order valence-corrected chi connectivity index (χ4v) is 10.4. The van der Waals surface area contributed by atoms with E-state index in [-0.39, 0.29) is 52.4 Å².